The summed E-state index contributed by atoms with van der Waals surface area (Å²) >= 11 is 0. The van der Waals surface area contributed by atoms with Crippen LogP contribution in [0, 0.1) is 6.92 Å². The standard InChI is InChI=1S/C18H22N2O3/c1-12-9-15(19-23-12)17(21)20-10-13(11-20)22-16-8-6-5-7-14(16)18(2,3)4/h5-9,13H,10-11H2,1-4H3. The van der Waals surface area contributed by atoms with Crippen LogP contribution in [0.1, 0.15) is 42.6 Å². The van der Waals surface area contributed by atoms with Crippen molar-refractivity contribution in [3.8, 4) is 5.75 Å². The number of likely N-dealkylation sites (tertiary alicyclic amines) is 1. The second kappa shape index (κ2) is 5.72. The fraction of sp³-hybridized carbons (Fsp3) is 0.444. The quantitative estimate of drug-likeness (QED) is 0.873. The lowest BCUT2D eigenvalue weighted by molar-refractivity contribution is 0.0164. The zero-order valence-corrected chi connectivity index (χ0v) is 14.0. The van der Waals surface area contributed by atoms with Gasteiger partial charge < -0.3 is 14.2 Å². The van der Waals surface area contributed by atoms with Gasteiger partial charge in [0.05, 0.1) is 13.1 Å². The number of rotatable bonds is 3. The van der Waals surface area contributed by atoms with E-state index < -0.39 is 0 Å². The molecule has 0 saturated carbocycles. The van der Waals surface area contributed by atoms with Crippen LogP contribution in [0.25, 0.3) is 0 Å². The molecule has 5 nitrogen and oxygen atoms in total. The van der Waals surface area contributed by atoms with Gasteiger partial charge in [-0.2, -0.15) is 0 Å². The molecule has 3 rings (SSSR count). The summed E-state index contributed by atoms with van der Waals surface area (Å²) in [7, 11) is 0. The molecule has 1 saturated heterocycles. The molecule has 0 spiro atoms. The molecule has 0 N–H and O–H groups in total. The van der Waals surface area contributed by atoms with Crippen LogP contribution in [0.3, 0.4) is 0 Å². The van der Waals surface area contributed by atoms with E-state index in [1.54, 1.807) is 17.9 Å². The summed E-state index contributed by atoms with van der Waals surface area (Å²) in [5, 5.41) is 3.77. The second-order valence-corrected chi connectivity index (χ2v) is 7.02. The zero-order valence-electron chi connectivity index (χ0n) is 14.0. The van der Waals surface area contributed by atoms with Crippen molar-refractivity contribution in [2.45, 2.75) is 39.2 Å². The first-order valence-corrected chi connectivity index (χ1v) is 7.83. The van der Waals surface area contributed by atoms with E-state index in [1.807, 2.05) is 18.2 Å². The van der Waals surface area contributed by atoms with Crippen molar-refractivity contribution in [1.82, 2.24) is 10.1 Å². The number of amides is 1. The Labute approximate surface area is 136 Å². The Morgan fingerprint density at radius 1 is 1.30 bits per heavy atom. The fourth-order valence-corrected chi connectivity index (χ4v) is 2.68. The number of aromatic nitrogens is 1. The summed E-state index contributed by atoms with van der Waals surface area (Å²) in [4.78, 5) is 13.9. The minimum Gasteiger partial charge on any atom is -0.486 e. The summed E-state index contributed by atoms with van der Waals surface area (Å²) in [6.07, 6.45) is 0.0236. The van der Waals surface area contributed by atoms with E-state index in [-0.39, 0.29) is 17.4 Å². The van der Waals surface area contributed by atoms with Gasteiger partial charge >= 0.3 is 0 Å². The molecule has 1 aliphatic heterocycles. The first-order chi connectivity index (χ1) is 10.8. The number of hydrogen-bond donors (Lipinski definition) is 0. The topological polar surface area (TPSA) is 55.6 Å². The third-order valence-electron chi connectivity index (χ3n) is 3.97. The molecule has 1 aliphatic rings. The van der Waals surface area contributed by atoms with Crippen LogP contribution in [0.5, 0.6) is 5.75 Å². The van der Waals surface area contributed by atoms with Crippen LogP contribution < -0.4 is 4.74 Å². The molecule has 122 valence electrons. The number of carbonyl (C=O) groups excluding carboxylic acids is 1. The Morgan fingerprint density at radius 3 is 2.61 bits per heavy atom. The molecule has 23 heavy (non-hydrogen) atoms. The van der Waals surface area contributed by atoms with E-state index in [2.05, 4.69) is 32.0 Å². The molecule has 1 fully saturated rings. The Balaban J connectivity index is 1.62. The minimum atomic E-state index is -0.106. The van der Waals surface area contributed by atoms with Gasteiger partial charge in [0.25, 0.3) is 5.91 Å². The molecule has 0 radical (unpaired) electrons. The maximum atomic E-state index is 12.2. The maximum Gasteiger partial charge on any atom is 0.276 e. The van der Waals surface area contributed by atoms with Gasteiger partial charge in [-0.1, -0.05) is 44.1 Å². The van der Waals surface area contributed by atoms with Crippen molar-refractivity contribution in [1.29, 1.82) is 0 Å². The fourth-order valence-electron chi connectivity index (χ4n) is 2.68. The van der Waals surface area contributed by atoms with E-state index >= 15 is 0 Å². The summed E-state index contributed by atoms with van der Waals surface area (Å²) in [6, 6.07) is 9.74. The first kappa shape index (κ1) is 15.6. The van der Waals surface area contributed by atoms with E-state index in [4.69, 9.17) is 9.26 Å². The van der Waals surface area contributed by atoms with Crippen LogP contribution in [0.2, 0.25) is 0 Å². The Kier molecular flexibility index (Phi) is 3.88. The van der Waals surface area contributed by atoms with Crippen LogP contribution in [0.15, 0.2) is 34.9 Å². The average molecular weight is 314 g/mol. The highest BCUT2D eigenvalue weighted by molar-refractivity contribution is 5.92. The molecule has 1 amide bonds. The lowest BCUT2D eigenvalue weighted by atomic mass is 9.86. The largest absolute Gasteiger partial charge is 0.486 e. The lowest BCUT2D eigenvalue weighted by Gasteiger charge is -2.39. The molecule has 1 aromatic heterocycles. The van der Waals surface area contributed by atoms with Gasteiger partial charge in [-0.3, -0.25) is 4.79 Å². The summed E-state index contributed by atoms with van der Waals surface area (Å²) in [6.45, 7) is 9.41. The van der Waals surface area contributed by atoms with Crippen molar-refractivity contribution in [3.63, 3.8) is 0 Å². The number of benzene rings is 1. The van der Waals surface area contributed by atoms with Gasteiger partial charge in [0.15, 0.2) is 5.69 Å². The van der Waals surface area contributed by atoms with E-state index in [9.17, 15) is 4.79 Å². The molecule has 2 aromatic rings. The summed E-state index contributed by atoms with van der Waals surface area (Å²) in [5.41, 5.74) is 1.56. The Bertz CT molecular complexity index is 709. The molecule has 0 bridgehead atoms. The van der Waals surface area contributed by atoms with Crippen molar-refractivity contribution in [2.75, 3.05) is 13.1 Å². The van der Waals surface area contributed by atoms with Crippen LogP contribution in [-0.4, -0.2) is 35.2 Å². The number of hydrogen-bond acceptors (Lipinski definition) is 4. The summed E-state index contributed by atoms with van der Waals surface area (Å²) in [5.74, 6) is 1.43. The van der Waals surface area contributed by atoms with Gasteiger partial charge in [0.2, 0.25) is 0 Å². The SMILES string of the molecule is Cc1cc(C(=O)N2CC(Oc3ccccc3C(C)(C)C)C2)no1. The molecule has 0 unspecified atom stereocenters. The third-order valence-corrected chi connectivity index (χ3v) is 3.97. The van der Waals surface area contributed by atoms with Gasteiger partial charge in [-0.05, 0) is 24.0 Å². The van der Waals surface area contributed by atoms with Gasteiger partial charge in [0.1, 0.15) is 17.6 Å². The van der Waals surface area contributed by atoms with Crippen LogP contribution in [0.4, 0.5) is 0 Å². The molecule has 0 atom stereocenters. The number of nitrogens with zero attached hydrogens (tertiary/aromatic N) is 2. The molecule has 2 heterocycles. The van der Waals surface area contributed by atoms with Crippen LogP contribution in [-0.2, 0) is 5.41 Å². The van der Waals surface area contributed by atoms with Gasteiger partial charge in [0, 0.05) is 6.07 Å². The average Bonchev–Trinajstić information content (AvgIpc) is 2.88. The highest BCUT2D eigenvalue weighted by Gasteiger charge is 2.35. The summed E-state index contributed by atoms with van der Waals surface area (Å²) < 4.78 is 11.0. The molecule has 1 aromatic carbocycles. The maximum absolute atomic E-state index is 12.2. The minimum absolute atomic E-state index is 0.0219. The monoisotopic (exact) mass is 314 g/mol. The Morgan fingerprint density at radius 2 is 2.00 bits per heavy atom. The highest BCUT2D eigenvalue weighted by Crippen LogP contribution is 2.32. The Hall–Kier alpha value is -2.30. The first-order valence-electron chi connectivity index (χ1n) is 7.83. The second-order valence-electron chi connectivity index (χ2n) is 7.02. The van der Waals surface area contributed by atoms with E-state index in [0.717, 1.165) is 5.75 Å². The normalized spacial score (nSPS) is 15.4. The smallest absolute Gasteiger partial charge is 0.276 e. The van der Waals surface area contributed by atoms with Crippen LogP contribution >= 0.6 is 0 Å². The van der Waals surface area contributed by atoms with Gasteiger partial charge in [-0.15, -0.1) is 0 Å². The van der Waals surface area contributed by atoms with Crippen molar-refractivity contribution in [2.24, 2.45) is 0 Å². The molecular formula is C18H22N2O3. The predicted molar refractivity (Wildman–Crippen MR) is 86.7 cm³/mol. The predicted octanol–water partition coefficient (Wildman–Crippen LogP) is 3.18. The lowest BCUT2D eigenvalue weighted by Crippen LogP contribution is -2.56. The third kappa shape index (κ3) is 3.23. The number of carbonyl (C=O) groups is 1. The van der Waals surface area contributed by atoms with Crippen molar-refractivity contribution < 1.29 is 14.1 Å². The number of ether oxygens (including phenoxy) is 1. The number of para-hydroxylation sites is 1. The molecule has 5 heteroatoms. The van der Waals surface area contributed by atoms with Crippen molar-refractivity contribution >= 4 is 5.91 Å². The molecule has 0 aliphatic carbocycles. The molecular weight excluding hydrogens is 292 g/mol. The number of aryl methyl sites for hydroxylation is 1. The van der Waals surface area contributed by atoms with Crippen molar-refractivity contribution in [3.05, 3.63) is 47.3 Å². The van der Waals surface area contributed by atoms with E-state index in [1.165, 1.54) is 5.56 Å². The van der Waals surface area contributed by atoms with E-state index in [0.29, 0.717) is 24.5 Å². The highest BCUT2D eigenvalue weighted by atomic mass is 16.5. The zero-order chi connectivity index (χ0) is 16.6. The van der Waals surface area contributed by atoms with Gasteiger partial charge in [-0.25, -0.2) is 0 Å².